The molecule has 10 heteroatoms. The zero-order valence-electron chi connectivity index (χ0n) is 21.5. The van der Waals surface area contributed by atoms with Crippen LogP contribution in [0.2, 0.25) is 0 Å². The molecule has 0 unspecified atom stereocenters. The molecule has 0 saturated carbocycles. The Bertz CT molecular complexity index is 1670. The molecule has 1 amide bonds. The van der Waals surface area contributed by atoms with E-state index in [-0.39, 0.29) is 9.79 Å². The summed E-state index contributed by atoms with van der Waals surface area (Å²) in [6, 6.07) is 27.6. The Kier molecular flexibility index (Phi) is 8.37. The second-order valence-corrected chi connectivity index (χ2v) is 12.4. The Morgan fingerprint density at radius 1 is 0.744 bits per heavy atom. The van der Waals surface area contributed by atoms with Crippen LogP contribution in [0.4, 0.5) is 17.1 Å². The quantitative estimate of drug-likeness (QED) is 0.276. The standard InChI is InChI=1S/C29H29N3O5S2/c1-3-23-11-7-8-15-28(23)32(39(36,37)27-13-5-4-6-14-27)21-29(33)30-24-16-18-26(19-17-24)38(34,35)31-25-12-9-10-22(2)20-25/h4-20,31H,3,21H2,1-2H3,(H,30,33). The first-order valence-electron chi connectivity index (χ1n) is 12.3. The van der Waals surface area contributed by atoms with Crippen molar-refractivity contribution >= 4 is 43.0 Å². The molecule has 0 aliphatic heterocycles. The Hall–Kier alpha value is -4.15. The molecule has 0 aliphatic carbocycles. The maximum Gasteiger partial charge on any atom is 0.264 e. The fourth-order valence-electron chi connectivity index (χ4n) is 4.04. The highest BCUT2D eigenvalue weighted by molar-refractivity contribution is 7.93. The van der Waals surface area contributed by atoms with E-state index in [4.69, 9.17) is 0 Å². The van der Waals surface area contributed by atoms with Crippen LogP contribution >= 0.6 is 0 Å². The van der Waals surface area contributed by atoms with E-state index < -0.39 is 32.5 Å². The van der Waals surface area contributed by atoms with E-state index in [0.717, 1.165) is 15.4 Å². The molecule has 0 saturated heterocycles. The first-order valence-corrected chi connectivity index (χ1v) is 15.2. The largest absolute Gasteiger partial charge is 0.325 e. The highest BCUT2D eigenvalue weighted by atomic mass is 32.2. The molecule has 8 nitrogen and oxygen atoms in total. The van der Waals surface area contributed by atoms with E-state index in [9.17, 15) is 21.6 Å². The van der Waals surface area contributed by atoms with Crippen LogP contribution in [-0.2, 0) is 31.3 Å². The Labute approximate surface area is 229 Å². The summed E-state index contributed by atoms with van der Waals surface area (Å²) in [5.74, 6) is -0.575. The van der Waals surface area contributed by atoms with Gasteiger partial charge >= 0.3 is 0 Å². The third-order valence-corrected chi connectivity index (χ3v) is 9.15. The number of amides is 1. The van der Waals surface area contributed by atoms with Gasteiger partial charge in [-0.25, -0.2) is 16.8 Å². The van der Waals surface area contributed by atoms with Crippen LogP contribution in [0.25, 0.3) is 0 Å². The first-order chi connectivity index (χ1) is 18.6. The summed E-state index contributed by atoms with van der Waals surface area (Å²) >= 11 is 0. The number of rotatable bonds is 10. The lowest BCUT2D eigenvalue weighted by atomic mass is 10.1. The Morgan fingerprint density at radius 3 is 2.08 bits per heavy atom. The molecule has 0 spiro atoms. The van der Waals surface area contributed by atoms with Gasteiger partial charge in [-0.2, -0.15) is 0 Å². The molecule has 0 fully saturated rings. The van der Waals surface area contributed by atoms with Crippen molar-refractivity contribution < 1.29 is 21.6 Å². The van der Waals surface area contributed by atoms with Gasteiger partial charge in [0.15, 0.2) is 0 Å². The molecule has 4 rings (SSSR count). The normalized spacial score (nSPS) is 11.5. The number of anilines is 3. The minimum absolute atomic E-state index is 0.0205. The van der Waals surface area contributed by atoms with E-state index in [0.29, 0.717) is 23.5 Å². The molecule has 4 aromatic carbocycles. The Balaban J connectivity index is 1.55. The van der Waals surface area contributed by atoms with Crippen molar-refractivity contribution in [1.29, 1.82) is 0 Å². The van der Waals surface area contributed by atoms with Gasteiger partial charge in [0.2, 0.25) is 5.91 Å². The molecule has 39 heavy (non-hydrogen) atoms. The monoisotopic (exact) mass is 563 g/mol. The van der Waals surface area contributed by atoms with E-state index in [2.05, 4.69) is 10.0 Å². The third kappa shape index (κ3) is 6.65. The van der Waals surface area contributed by atoms with Crippen molar-refractivity contribution in [2.24, 2.45) is 0 Å². The maximum absolute atomic E-state index is 13.6. The SMILES string of the molecule is CCc1ccccc1N(CC(=O)Nc1ccc(S(=O)(=O)Nc2cccc(C)c2)cc1)S(=O)(=O)c1ccccc1. The summed E-state index contributed by atoms with van der Waals surface area (Å²) in [7, 11) is -7.89. The summed E-state index contributed by atoms with van der Waals surface area (Å²) in [5.41, 5.74) is 2.89. The Morgan fingerprint density at radius 2 is 1.41 bits per heavy atom. The molecular weight excluding hydrogens is 534 g/mol. The summed E-state index contributed by atoms with van der Waals surface area (Å²) < 4.78 is 56.4. The number of carbonyl (C=O) groups is 1. The highest BCUT2D eigenvalue weighted by Gasteiger charge is 2.28. The van der Waals surface area contributed by atoms with Crippen LogP contribution in [0.1, 0.15) is 18.1 Å². The number of nitrogens with zero attached hydrogens (tertiary/aromatic N) is 1. The van der Waals surface area contributed by atoms with Crippen LogP contribution in [0, 0.1) is 6.92 Å². The average molecular weight is 564 g/mol. The van der Waals surface area contributed by atoms with Crippen LogP contribution in [0.3, 0.4) is 0 Å². The summed E-state index contributed by atoms with van der Waals surface area (Å²) in [4.78, 5) is 13.2. The smallest absolute Gasteiger partial charge is 0.264 e. The molecule has 0 heterocycles. The van der Waals surface area contributed by atoms with Crippen LogP contribution in [-0.4, -0.2) is 29.3 Å². The van der Waals surface area contributed by atoms with E-state index >= 15 is 0 Å². The number of benzene rings is 4. The molecule has 0 atom stereocenters. The van der Waals surface area contributed by atoms with Crippen molar-refractivity contribution in [3.8, 4) is 0 Å². The lowest BCUT2D eigenvalue weighted by Gasteiger charge is -2.26. The minimum Gasteiger partial charge on any atom is -0.325 e. The predicted molar refractivity (Wildman–Crippen MR) is 154 cm³/mol. The number of carbonyl (C=O) groups excluding carboxylic acids is 1. The van der Waals surface area contributed by atoms with Gasteiger partial charge in [0, 0.05) is 11.4 Å². The van der Waals surface area contributed by atoms with Gasteiger partial charge in [0.25, 0.3) is 20.0 Å². The van der Waals surface area contributed by atoms with Crippen molar-refractivity contribution in [3.63, 3.8) is 0 Å². The van der Waals surface area contributed by atoms with Gasteiger partial charge in [-0.05, 0) is 79.1 Å². The lowest BCUT2D eigenvalue weighted by molar-refractivity contribution is -0.114. The number of aryl methyl sites for hydroxylation is 2. The van der Waals surface area contributed by atoms with Crippen LogP contribution in [0.15, 0.2) is 113 Å². The highest BCUT2D eigenvalue weighted by Crippen LogP contribution is 2.28. The molecule has 0 aromatic heterocycles. The van der Waals surface area contributed by atoms with E-state index in [1.165, 1.54) is 36.4 Å². The molecule has 202 valence electrons. The van der Waals surface area contributed by atoms with Gasteiger partial charge in [-0.15, -0.1) is 0 Å². The molecule has 0 bridgehead atoms. The van der Waals surface area contributed by atoms with Gasteiger partial charge in [-0.1, -0.05) is 55.5 Å². The molecular formula is C29H29N3O5S2. The third-order valence-electron chi connectivity index (χ3n) is 5.98. The van der Waals surface area contributed by atoms with Gasteiger partial charge in [-0.3, -0.25) is 13.8 Å². The minimum atomic E-state index is -4.05. The van der Waals surface area contributed by atoms with Crippen LogP contribution in [0.5, 0.6) is 0 Å². The van der Waals surface area contributed by atoms with Crippen molar-refractivity contribution in [2.45, 2.75) is 30.1 Å². The summed E-state index contributed by atoms with van der Waals surface area (Å²) in [6.07, 6.45) is 0.575. The second-order valence-electron chi connectivity index (χ2n) is 8.85. The van der Waals surface area contributed by atoms with Gasteiger partial charge in [0.05, 0.1) is 15.5 Å². The molecule has 2 N–H and O–H groups in total. The summed E-state index contributed by atoms with van der Waals surface area (Å²) in [5, 5.41) is 2.68. The number of hydrogen-bond donors (Lipinski definition) is 2. The number of hydrogen-bond acceptors (Lipinski definition) is 5. The molecule has 4 aromatic rings. The molecule has 0 radical (unpaired) electrons. The van der Waals surface area contributed by atoms with Crippen molar-refractivity contribution in [3.05, 3.63) is 114 Å². The van der Waals surface area contributed by atoms with E-state index in [1.54, 1.807) is 48.5 Å². The zero-order valence-corrected chi connectivity index (χ0v) is 23.2. The first kappa shape index (κ1) is 27.9. The molecule has 0 aliphatic rings. The second kappa shape index (κ2) is 11.7. The fourth-order valence-corrected chi connectivity index (χ4v) is 6.57. The van der Waals surface area contributed by atoms with Gasteiger partial charge < -0.3 is 5.32 Å². The average Bonchev–Trinajstić information content (AvgIpc) is 2.92. The fraction of sp³-hybridized carbons (Fsp3) is 0.138. The lowest BCUT2D eigenvalue weighted by Crippen LogP contribution is -2.38. The number of sulfonamides is 2. The predicted octanol–water partition coefficient (Wildman–Crippen LogP) is 5.19. The van der Waals surface area contributed by atoms with Crippen molar-refractivity contribution in [1.82, 2.24) is 0 Å². The summed E-state index contributed by atoms with van der Waals surface area (Å²) in [6.45, 7) is 3.31. The van der Waals surface area contributed by atoms with Crippen molar-refractivity contribution in [2.75, 3.05) is 20.9 Å². The van der Waals surface area contributed by atoms with Gasteiger partial charge in [0.1, 0.15) is 6.54 Å². The maximum atomic E-state index is 13.6. The zero-order chi connectivity index (χ0) is 28.0. The number of nitrogens with one attached hydrogen (secondary N) is 2. The topological polar surface area (TPSA) is 113 Å². The number of para-hydroxylation sites is 1. The van der Waals surface area contributed by atoms with E-state index in [1.807, 2.05) is 32.0 Å². The van der Waals surface area contributed by atoms with Crippen LogP contribution < -0.4 is 14.3 Å².